The maximum Gasteiger partial charge on any atom is 0.335 e. The molecule has 0 atom stereocenters. The van der Waals surface area contributed by atoms with E-state index in [1.54, 1.807) is 19.2 Å². The quantitative estimate of drug-likeness (QED) is 0.504. The highest BCUT2D eigenvalue weighted by molar-refractivity contribution is 5.88. The summed E-state index contributed by atoms with van der Waals surface area (Å²) in [6, 6.07) is 9.04. The molecule has 0 spiro atoms. The summed E-state index contributed by atoms with van der Waals surface area (Å²) in [6.45, 7) is 11.9. The molecule has 4 nitrogen and oxygen atoms in total. The van der Waals surface area contributed by atoms with Crippen molar-refractivity contribution in [3.8, 4) is 11.5 Å². The highest BCUT2D eigenvalue weighted by Crippen LogP contribution is 2.53. The van der Waals surface area contributed by atoms with Crippen LogP contribution in [0.2, 0.25) is 0 Å². The van der Waals surface area contributed by atoms with Gasteiger partial charge in [-0.05, 0) is 65.5 Å². The molecule has 0 aliphatic heterocycles. The van der Waals surface area contributed by atoms with E-state index < -0.39 is 5.97 Å². The molecule has 0 saturated heterocycles. The SMILES string of the molecule is CCCOc1c(/C=C/c2ccc(C(=O)O)cc2)c(OC)cc2c1C(C)(C)CCC2(C)C. The van der Waals surface area contributed by atoms with Crippen molar-refractivity contribution in [3.05, 3.63) is 58.1 Å². The molecule has 0 aromatic heterocycles. The molecule has 0 fully saturated rings. The van der Waals surface area contributed by atoms with Crippen molar-refractivity contribution in [3.63, 3.8) is 0 Å². The van der Waals surface area contributed by atoms with E-state index in [1.807, 2.05) is 24.3 Å². The standard InChI is InChI=1S/C27H34O4/c1-7-16-31-24-20(13-10-18-8-11-19(12-9-18)25(28)29)22(30-6)17-21-23(24)27(4,5)15-14-26(21,2)3/h8-13,17H,7,14-16H2,1-6H3,(H,28,29)/b13-10+. The number of rotatable bonds is 7. The van der Waals surface area contributed by atoms with Crippen LogP contribution in [0.5, 0.6) is 11.5 Å². The Hall–Kier alpha value is -2.75. The molecule has 0 radical (unpaired) electrons. The molecule has 2 aromatic carbocycles. The molecule has 1 aliphatic rings. The number of hydrogen-bond donors (Lipinski definition) is 1. The van der Waals surface area contributed by atoms with Gasteiger partial charge in [0.1, 0.15) is 11.5 Å². The van der Waals surface area contributed by atoms with Gasteiger partial charge in [0.25, 0.3) is 0 Å². The highest BCUT2D eigenvalue weighted by Gasteiger charge is 2.41. The average Bonchev–Trinajstić information content (AvgIpc) is 2.73. The fourth-order valence-electron chi connectivity index (χ4n) is 4.34. The highest BCUT2D eigenvalue weighted by atomic mass is 16.5. The molecule has 4 heteroatoms. The van der Waals surface area contributed by atoms with Gasteiger partial charge < -0.3 is 14.6 Å². The second-order valence-corrected chi connectivity index (χ2v) is 9.62. The fourth-order valence-corrected chi connectivity index (χ4v) is 4.34. The predicted molar refractivity (Wildman–Crippen MR) is 126 cm³/mol. The zero-order valence-corrected chi connectivity index (χ0v) is 19.5. The summed E-state index contributed by atoms with van der Waals surface area (Å²) in [5.41, 5.74) is 4.77. The molecule has 31 heavy (non-hydrogen) atoms. The second-order valence-electron chi connectivity index (χ2n) is 9.62. The van der Waals surface area contributed by atoms with Crippen LogP contribution < -0.4 is 9.47 Å². The first-order valence-corrected chi connectivity index (χ1v) is 11.0. The number of benzene rings is 2. The van der Waals surface area contributed by atoms with Gasteiger partial charge in [-0.2, -0.15) is 0 Å². The van der Waals surface area contributed by atoms with Crippen LogP contribution in [0, 0.1) is 0 Å². The molecular formula is C27H34O4. The Morgan fingerprint density at radius 2 is 1.71 bits per heavy atom. The van der Waals surface area contributed by atoms with Gasteiger partial charge in [0.15, 0.2) is 0 Å². The Morgan fingerprint density at radius 3 is 2.29 bits per heavy atom. The van der Waals surface area contributed by atoms with Gasteiger partial charge in [-0.25, -0.2) is 4.79 Å². The topological polar surface area (TPSA) is 55.8 Å². The number of fused-ring (bicyclic) bond motifs is 1. The monoisotopic (exact) mass is 422 g/mol. The number of carboxylic acid groups (broad SMARTS) is 1. The van der Waals surface area contributed by atoms with Gasteiger partial charge in [-0.3, -0.25) is 0 Å². The fraction of sp³-hybridized carbons (Fsp3) is 0.444. The third kappa shape index (κ3) is 4.63. The second kappa shape index (κ2) is 8.78. The normalized spacial score (nSPS) is 16.7. The van der Waals surface area contributed by atoms with Crippen molar-refractivity contribution in [2.75, 3.05) is 13.7 Å². The molecule has 3 rings (SSSR count). The third-order valence-corrected chi connectivity index (χ3v) is 6.33. The van der Waals surface area contributed by atoms with Crippen molar-refractivity contribution >= 4 is 18.1 Å². The van der Waals surface area contributed by atoms with Crippen LogP contribution in [0.3, 0.4) is 0 Å². The summed E-state index contributed by atoms with van der Waals surface area (Å²) in [5, 5.41) is 9.12. The van der Waals surface area contributed by atoms with E-state index in [-0.39, 0.29) is 16.4 Å². The van der Waals surface area contributed by atoms with E-state index >= 15 is 0 Å². The number of hydrogen-bond acceptors (Lipinski definition) is 3. The molecule has 1 aliphatic carbocycles. The predicted octanol–water partition coefficient (Wildman–Crippen LogP) is 6.70. The smallest absolute Gasteiger partial charge is 0.335 e. The van der Waals surface area contributed by atoms with E-state index in [0.717, 1.165) is 41.9 Å². The van der Waals surface area contributed by atoms with Crippen LogP contribution in [0.15, 0.2) is 30.3 Å². The molecule has 0 amide bonds. The molecule has 0 unspecified atom stereocenters. The minimum absolute atomic E-state index is 0.00588. The van der Waals surface area contributed by atoms with E-state index in [4.69, 9.17) is 14.6 Å². The van der Waals surface area contributed by atoms with Gasteiger partial charge in [0, 0.05) is 5.56 Å². The number of carboxylic acids is 1. The number of carbonyl (C=O) groups is 1. The molecule has 2 aromatic rings. The van der Waals surface area contributed by atoms with Crippen LogP contribution in [-0.4, -0.2) is 24.8 Å². The zero-order valence-electron chi connectivity index (χ0n) is 19.5. The van der Waals surface area contributed by atoms with Gasteiger partial charge in [-0.1, -0.05) is 52.8 Å². The molecule has 0 bridgehead atoms. The Labute approximate surface area is 185 Å². The van der Waals surface area contributed by atoms with Crippen LogP contribution in [0.1, 0.15) is 86.5 Å². The summed E-state index contributed by atoms with van der Waals surface area (Å²) in [6.07, 6.45) is 7.15. The number of ether oxygens (including phenoxy) is 2. The molecule has 0 heterocycles. The van der Waals surface area contributed by atoms with Crippen molar-refractivity contribution in [2.24, 2.45) is 0 Å². The summed E-state index contributed by atoms with van der Waals surface area (Å²) in [7, 11) is 1.70. The summed E-state index contributed by atoms with van der Waals surface area (Å²) < 4.78 is 12.2. The summed E-state index contributed by atoms with van der Waals surface area (Å²) in [4.78, 5) is 11.1. The minimum Gasteiger partial charge on any atom is -0.496 e. The van der Waals surface area contributed by atoms with E-state index in [2.05, 4.69) is 40.7 Å². The first kappa shape index (κ1) is 22.9. The lowest BCUT2D eigenvalue weighted by molar-refractivity contribution is 0.0697. The maximum atomic E-state index is 11.1. The summed E-state index contributed by atoms with van der Waals surface area (Å²) in [5.74, 6) is 0.786. The van der Waals surface area contributed by atoms with Gasteiger partial charge in [0.2, 0.25) is 0 Å². The average molecular weight is 423 g/mol. The molecule has 0 saturated carbocycles. The first-order valence-electron chi connectivity index (χ1n) is 11.0. The largest absolute Gasteiger partial charge is 0.496 e. The Bertz CT molecular complexity index is 981. The zero-order chi connectivity index (χ0) is 22.8. The molecule has 166 valence electrons. The Morgan fingerprint density at radius 1 is 1.06 bits per heavy atom. The third-order valence-electron chi connectivity index (χ3n) is 6.33. The minimum atomic E-state index is -0.924. The Kier molecular flexibility index (Phi) is 6.49. The van der Waals surface area contributed by atoms with Crippen molar-refractivity contribution in [2.45, 2.75) is 64.7 Å². The van der Waals surface area contributed by atoms with Crippen molar-refractivity contribution in [1.82, 2.24) is 0 Å². The molecule has 1 N–H and O–H groups in total. The lowest BCUT2D eigenvalue weighted by atomic mass is 9.62. The Balaban J connectivity index is 2.17. The lowest BCUT2D eigenvalue weighted by Gasteiger charge is -2.43. The lowest BCUT2D eigenvalue weighted by Crippen LogP contribution is -2.34. The van der Waals surface area contributed by atoms with E-state index in [9.17, 15) is 4.79 Å². The summed E-state index contributed by atoms with van der Waals surface area (Å²) >= 11 is 0. The van der Waals surface area contributed by atoms with Crippen LogP contribution in [0.25, 0.3) is 12.2 Å². The maximum absolute atomic E-state index is 11.1. The van der Waals surface area contributed by atoms with Gasteiger partial charge in [-0.15, -0.1) is 0 Å². The number of aromatic carboxylic acids is 1. The molecular weight excluding hydrogens is 388 g/mol. The van der Waals surface area contributed by atoms with Crippen LogP contribution >= 0.6 is 0 Å². The van der Waals surface area contributed by atoms with E-state index in [0.29, 0.717) is 6.61 Å². The van der Waals surface area contributed by atoms with Gasteiger partial charge >= 0.3 is 5.97 Å². The van der Waals surface area contributed by atoms with Crippen molar-refractivity contribution in [1.29, 1.82) is 0 Å². The first-order chi connectivity index (χ1) is 14.6. The van der Waals surface area contributed by atoms with Crippen molar-refractivity contribution < 1.29 is 19.4 Å². The van der Waals surface area contributed by atoms with Gasteiger partial charge in [0.05, 0.1) is 24.8 Å². The van der Waals surface area contributed by atoms with Crippen LogP contribution in [-0.2, 0) is 10.8 Å². The number of methoxy groups -OCH3 is 1. The van der Waals surface area contributed by atoms with Crippen LogP contribution in [0.4, 0.5) is 0 Å². The van der Waals surface area contributed by atoms with E-state index in [1.165, 1.54) is 11.1 Å².